The maximum atomic E-state index is 12.9. The minimum atomic E-state index is -0.503. The number of nitrogens with one attached hydrogen (secondary N) is 2. The predicted octanol–water partition coefficient (Wildman–Crippen LogP) is 4.94. The number of benzene rings is 1. The molecule has 2 aromatic heterocycles. The van der Waals surface area contributed by atoms with E-state index in [2.05, 4.69) is 17.6 Å². The van der Waals surface area contributed by atoms with E-state index in [1.807, 2.05) is 6.07 Å². The summed E-state index contributed by atoms with van der Waals surface area (Å²) in [5, 5.41) is 7.44. The van der Waals surface area contributed by atoms with Crippen LogP contribution in [0.1, 0.15) is 51.6 Å². The molecular weight excluding hydrogens is 412 g/mol. The number of carbonyl (C=O) groups is 2. The van der Waals surface area contributed by atoms with Gasteiger partial charge in [-0.2, -0.15) is 0 Å². The number of esters is 1. The highest BCUT2D eigenvalue weighted by Crippen LogP contribution is 2.42. The normalized spacial score (nSPS) is 20.0. The number of thiophene rings is 1. The van der Waals surface area contributed by atoms with Crippen LogP contribution in [-0.4, -0.2) is 11.9 Å². The van der Waals surface area contributed by atoms with Gasteiger partial charge in [-0.1, -0.05) is 19.1 Å². The Labute approximate surface area is 183 Å². The van der Waals surface area contributed by atoms with Gasteiger partial charge in [-0.05, 0) is 66.6 Å². The molecule has 0 fully saturated rings. The molecule has 2 atom stereocenters. The van der Waals surface area contributed by atoms with Crippen LogP contribution in [0, 0.1) is 5.92 Å². The van der Waals surface area contributed by atoms with Gasteiger partial charge in [-0.15, -0.1) is 11.3 Å². The zero-order valence-electron chi connectivity index (χ0n) is 17.0. The highest BCUT2D eigenvalue weighted by atomic mass is 32.1. The first-order valence-corrected chi connectivity index (χ1v) is 11.1. The average Bonchev–Trinajstić information content (AvgIpc) is 3.39. The van der Waals surface area contributed by atoms with E-state index in [1.54, 1.807) is 47.7 Å². The van der Waals surface area contributed by atoms with Crippen LogP contribution < -0.4 is 15.4 Å². The quantitative estimate of drug-likeness (QED) is 0.345. The van der Waals surface area contributed by atoms with Gasteiger partial charge in [0.2, 0.25) is 0 Å². The van der Waals surface area contributed by atoms with Crippen molar-refractivity contribution >= 4 is 34.3 Å². The van der Waals surface area contributed by atoms with Crippen LogP contribution in [0.3, 0.4) is 0 Å². The number of ether oxygens (including phenoxy) is 1. The van der Waals surface area contributed by atoms with Gasteiger partial charge in [0.25, 0.3) is 5.91 Å². The lowest BCUT2D eigenvalue weighted by atomic mass is 9.88. The second-order valence-electron chi connectivity index (χ2n) is 7.95. The van der Waals surface area contributed by atoms with Crippen molar-refractivity contribution in [3.8, 4) is 5.75 Å². The lowest BCUT2D eigenvalue weighted by molar-refractivity contribution is -0.128. The Hall–Kier alpha value is -3.32. The van der Waals surface area contributed by atoms with Crippen molar-refractivity contribution in [3.63, 3.8) is 0 Å². The predicted molar refractivity (Wildman–Crippen MR) is 119 cm³/mol. The van der Waals surface area contributed by atoms with Gasteiger partial charge in [0, 0.05) is 11.0 Å². The Bertz CT molecular complexity index is 1160. The van der Waals surface area contributed by atoms with Crippen LogP contribution in [-0.2, 0) is 17.6 Å². The molecule has 1 aliphatic carbocycles. The van der Waals surface area contributed by atoms with Crippen molar-refractivity contribution in [1.82, 2.24) is 5.32 Å². The van der Waals surface area contributed by atoms with Crippen LogP contribution >= 0.6 is 11.3 Å². The molecule has 158 valence electrons. The summed E-state index contributed by atoms with van der Waals surface area (Å²) in [6, 6.07) is 10.7. The molecule has 0 saturated carbocycles. The molecule has 0 spiro atoms. The van der Waals surface area contributed by atoms with Gasteiger partial charge in [-0.3, -0.25) is 4.79 Å². The van der Waals surface area contributed by atoms with Crippen LogP contribution in [0.15, 0.2) is 53.2 Å². The Balaban J connectivity index is 1.32. The van der Waals surface area contributed by atoms with Crippen molar-refractivity contribution < 1.29 is 18.7 Å². The third kappa shape index (κ3) is 4.01. The Kier molecular flexibility index (Phi) is 5.11. The van der Waals surface area contributed by atoms with Gasteiger partial charge in [-0.25, -0.2) is 4.79 Å². The SMILES string of the molecule is C[C@@H]1CCc2c(sc3c2C(=O)N[C@@H](c2cccc(OC(=O)/C=C/c4ccco4)c2)N3)C1. The highest BCUT2D eigenvalue weighted by Gasteiger charge is 2.33. The average molecular weight is 435 g/mol. The number of anilines is 1. The Morgan fingerprint density at radius 3 is 3.00 bits per heavy atom. The molecular formula is C24H22N2O4S. The smallest absolute Gasteiger partial charge is 0.336 e. The van der Waals surface area contributed by atoms with Gasteiger partial charge in [0.15, 0.2) is 0 Å². The highest BCUT2D eigenvalue weighted by molar-refractivity contribution is 7.16. The minimum Gasteiger partial charge on any atom is -0.465 e. The first-order chi connectivity index (χ1) is 15.1. The van der Waals surface area contributed by atoms with Crippen LogP contribution in [0.4, 0.5) is 5.00 Å². The number of rotatable bonds is 4. The Morgan fingerprint density at radius 2 is 2.16 bits per heavy atom. The number of amides is 1. The monoisotopic (exact) mass is 434 g/mol. The summed E-state index contributed by atoms with van der Waals surface area (Å²) in [5.41, 5.74) is 2.82. The topological polar surface area (TPSA) is 80.6 Å². The fourth-order valence-corrected chi connectivity index (χ4v) is 5.51. The summed E-state index contributed by atoms with van der Waals surface area (Å²) in [6.45, 7) is 2.26. The van der Waals surface area contributed by atoms with E-state index in [1.165, 1.54) is 22.8 Å². The molecule has 31 heavy (non-hydrogen) atoms. The Morgan fingerprint density at radius 1 is 1.26 bits per heavy atom. The van der Waals surface area contributed by atoms with Gasteiger partial charge in [0.1, 0.15) is 22.7 Å². The van der Waals surface area contributed by atoms with E-state index >= 15 is 0 Å². The van der Waals surface area contributed by atoms with Crippen molar-refractivity contribution in [3.05, 3.63) is 76.1 Å². The molecule has 0 radical (unpaired) electrons. The molecule has 0 saturated heterocycles. The number of fused-ring (bicyclic) bond motifs is 3. The molecule has 3 aromatic rings. The summed E-state index contributed by atoms with van der Waals surface area (Å²) in [7, 11) is 0. The second-order valence-corrected chi connectivity index (χ2v) is 9.05. The fourth-order valence-electron chi connectivity index (χ4n) is 4.07. The van der Waals surface area contributed by atoms with Gasteiger partial charge in [0.05, 0.1) is 11.8 Å². The molecule has 0 bridgehead atoms. The number of hydrogen-bond acceptors (Lipinski definition) is 6. The summed E-state index contributed by atoms with van der Waals surface area (Å²) in [6.07, 6.45) is 7.13. The van der Waals surface area contributed by atoms with E-state index in [4.69, 9.17) is 9.15 Å². The first-order valence-electron chi connectivity index (χ1n) is 10.3. The molecule has 1 aromatic carbocycles. The van der Waals surface area contributed by atoms with E-state index in [0.29, 0.717) is 17.4 Å². The summed E-state index contributed by atoms with van der Waals surface area (Å²) >= 11 is 1.69. The van der Waals surface area contributed by atoms with Crippen molar-refractivity contribution in [1.29, 1.82) is 0 Å². The largest absolute Gasteiger partial charge is 0.465 e. The van der Waals surface area contributed by atoms with Crippen LogP contribution in [0.2, 0.25) is 0 Å². The van der Waals surface area contributed by atoms with E-state index in [0.717, 1.165) is 35.4 Å². The standard InChI is InChI=1S/C24H22N2O4S/c1-14-7-9-18-19(12-14)31-24-21(18)23(28)25-22(26-24)15-4-2-5-17(13-15)30-20(27)10-8-16-6-3-11-29-16/h2-6,8,10-11,13-14,22,26H,7,9,12H2,1H3,(H,25,28)/b10-8+/t14-,22-/m1/s1. The van der Waals surface area contributed by atoms with E-state index in [9.17, 15) is 9.59 Å². The maximum Gasteiger partial charge on any atom is 0.336 e. The van der Waals surface area contributed by atoms with Crippen molar-refractivity contribution in [2.24, 2.45) is 5.92 Å². The minimum absolute atomic E-state index is 0.0467. The zero-order valence-corrected chi connectivity index (χ0v) is 17.8. The van der Waals surface area contributed by atoms with Crippen molar-refractivity contribution in [2.75, 3.05) is 5.32 Å². The lowest BCUT2D eigenvalue weighted by Crippen LogP contribution is -2.38. The van der Waals surface area contributed by atoms with Gasteiger partial charge < -0.3 is 19.8 Å². The molecule has 6 nitrogen and oxygen atoms in total. The summed E-state index contributed by atoms with van der Waals surface area (Å²) in [5.74, 6) is 1.09. The molecule has 5 rings (SSSR count). The number of carbonyl (C=O) groups excluding carboxylic acids is 2. The summed E-state index contributed by atoms with van der Waals surface area (Å²) < 4.78 is 10.6. The molecule has 1 aliphatic heterocycles. The molecule has 1 amide bonds. The number of furan rings is 1. The number of hydrogen-bond donors (Lipinski definition) is 2. The fraction of sp³-hybridized carbons (Fsp3) is 0.250. The van der Waals surface area contributed by atoms with E-state index in [-0.39, 0.29) is 12.1 Å². The summed E-state index contributed by atoms with van der Waals surface area (Å²) in [4.78, 5) is 26.3. The van der Waals surface area contributed by atoms with Crippen LogP contribution in [0.25, 0.3) is 6.08 Å². The third-order valence-electron chi connectivity index (χ3n) is 5.63. The maximum absolute atomic E-state index is 12.9. The molecule has 2 aliphatic rings. The van der Waals surface area contributed by atoms with Crippen molar-refractivity contribution in [2.45, 2.75) is 32.4 Å². The zero-order chi connectivity index (χ0) is 21.4. The molecule has 3 heterocycles. The third-order valence-corrected chi connectivity index (χ3v) is 6.81. The molecule has 7 heteroatoms. The first kappa shape index (κ1) is 19.6. The van der Waals surface area contributed by atoms with E-state index < -0.39 is 5.97 Å². The lowest BCUT2D eigenvalue weighted by Gasteiger charge is -2.27. The van der Waals surface area contributed by atoms with Crippen LogP contribution in [0.5, 0.6) is 5.75 Å². The van der Waals surface area contributed by atoms with Gasteiger partial charge >= 0.3 is 5.97 Å². The second kappa shape index (κ2) is 8.07. The molecule has 2 N–H and O–H groups in total. The molecule has 0 unspecified atom stereocenters.